The van der Waals surface area contributed by atoms with Crippen molar-refractivity contribution in [2.45, 2.75) is 44.8 Å². The summed E-state index contributed by atoms with van der Waals surface area (Å²) in [6, 6.07) is 15.4. The number of halogens is 5. The second kappa shape index (κ2) is 11.2. The van der Waals surface area contributed by atoms with Crippen molar-refractivity contribution in [3.05, 3.63) is 98.5 Å². The first kappa shape index (κ1) is 27.0. The number of nitrogens with one attached hydrogen (secondary N) is 1. The van der Waals surface area contributed by atoms with Gasteiger partial charge in [-0.2, -0.15) is 13.2 Å². The zero-order valence-corrected chi connectivity index (χ0v) is 21.6. The van der Waals surface area contributed by atoms with Gasteiger partial charge in [-0.05, 0) is 72.2 Å². The van der Waals surface area contributed by atoms with Crippen LogP contribution in [0.25, 0.3) is 0 Å². The van der Waals surface area contributed by atoms with Crippen molar-refractivity contribution < 1.29 is 22.8 Å². The van der Waals surface area contributed by atoms with Crippen molar-refractivity contribution in [3.8, 4) is 0 Å². The normalized spacial score (nSPS) is 13.4. The van der Waals surface area contributed by atoms with Gasteiger partial charge in [0.05, 0.1) is 16.8 Å². The molecule has 0 aromatic heterocycles. The van der Waals surface area contributed by atoms with Crippen LogP contribution >= 0.6 is 23.2 Å². The van der Waals surface area contributed by atoms with Crippen LogP contribution < -0.4 is 5.32 Å². The number of alkyl halides is 3. The van der Waals surface area contributed by atoms with Crippen molar-refractivity contribution in [2.24, 2.45) is 0 Å². The summed E-state index contributed by atoms with van der Waals surface area (Å²) < 4.78 is 39.6. The Labute approximate surface area is 223 Å². The van der Waals surface area contributed by atoms with E-state index in [-0.39, 0.29) is 31.0 Å². The van der Waals surface area contributed by atoms with Crippen LogP contribution in [0, 0.1) is 0 Å². The molecular formula is C28H25Cl2F3N2O2. The SMILES string of the molecule is CC(=O)Nc1ccc(Cl)cc1C(=O)N(CCc1cccc(C(F)(F)F)c1)Cc1ccc(C2CC2)cc1Cl. The Hall–Kier alpha value is -3.03. The fraction of sp³-hybridized carbons (Fsp3) is 0.286. The van der Waals surface area contributed by atoms with Crippen LogP contribution in [-0.2, 0) is 23.9 Å². The Balaban J connectivity index is 1.64. The number of nitrogens with zero attached hydrogens (tertiary/aromatic N) is 1. The van der Waals surface area contributed by atoms with E-state index in [9.17, 15) is 22.8 Å². The molecule has 0 spiro atoms. The van der Waals surface area contributed by atoms with Crippen molar-refractivity contribution in [3.63, 3.8) is 0 Å². The minimum Gasteiger partial charge on any atom is -0.334 e. The molecule has 3 aromatic carbocycles. The molecule has 37 heavy (non-hydrogen) atoms. The van der Waals surface area contributed by atoms with E-state index >= 15 is 0 Å². The molecule has 4 nitrogen and oxygen atoms in total. The van der Waals surface area contributed by atoms with Crippen LogP contribution in [0.15, 0.2) is 60.7 Å². The maximum atomic E-state index is 13.7. The van der Waals surface area contributed by atoms with Crippen LogP contribution in [0.3, 0.4) is 0 Å². The van der Waals surface area contributed by atoms with Gasteiger partial charge in [-0.15, -0.1) is 0 Å². The summed E-state index contributed by atoms with van der Waals surface area (Å²) >= 11 is 12.7. The molecule has 1 aliphatic rings. The number of hydrogen-bond donors (Lipinski definition) is 1. The number of hydrogen-bond acceptors (Lipinski definition) is 2. The minimum atomic E-state index is -4.46. The third kappa shape index (κ3) is 7.05. The van der Waals surface area contributed by atoms with Gasteiger partial charge in [0.2, 0.25) is 5.91 Å². The topological polar surface area (TPSA) is 49.4 Å². The van der Waals surface area contributed by atoms with Crippen molar-refractivity contribution in [1.29, 1.82) is 0 Å². The molecule has 0 aliphatic heterocycles. The first-order valence-corrected chi connectivity index (χ1v) is 12.6. The fourth-order valence-corrected chi connectivity index (χ4v) is 4.57. The largest absolute Gasteiger partial charge is 0.416 e. The lowest BCUT2D eigenvalue weighted by Gasteiger charge is -2.25. The van der Waals surface area contributed by atoms with Gasteiger partial charge >= 0.3 is 6.18 Å². The summed E-state index contributed by atoms with van der Waals surface area (Å²) in [5.74, 6) is -0.275. The number of amides is 2. The average Bonchev–Trinajstić information content (AvgIpc) is 3.68. The van der Waals surface area contributed by atoms with Crippen LogP contribution in [0.4, 0.5) is 18.9 Å². The molecule has 0 heterocycles. The zero-order valence-electron chi connectivity index (χ0n) is 20.0. The van der Waals surface area contributed by atoms with E-state index in [0.29, 0.717) is 32.8 Å². The van der Waals surface area contributed by atoms with Gasteiger partial charge in [-0.25, -0.2) is 0 Å². The molecular weight excluding hydrogens is 524 g/mol. The Morgan fingerprint density at radius 3 is 2.43 bits per heavy atom. The van der Waals surface area contributed by atoms with Gasteiger partial charge < -0.3 is 10.2 Å². The predicted molar refractivity (Wildman–Crippen MR) is 139 cm³/mol. The highest BCUT2D eigenvalue weighted by Gasteiger charge is 2.30. The predicted octanol–water partition coefficient (Wildman–Crippen LogP) is 7.73. The molecule has 0 atom stereocenters. The van der Waals surface area contributed by atoms with Gasteiger partial charge in [0.15, 0.2) is 0 Å². The van der Waals surface area contributed by atoms with E-state index in [1.807, 2.05) is 18.2 Å². The molecule has 1 N–H and O–H groups in total. The molecule has 4 rings (SSSR count). The standard InChI is InChI=1S/C28H25Cl2F3N2O2/c1-17(36)34-26-10-9-23(29)15-24(26)27(37)35(12-11-18-3-2-4-22(13-18)28(31,32)33)16-21-8-7-20(14-25(21)30)19-5-6-19/h2-4,7-10,13-15,19H,5-6,11-12,16H2,1H3,(H,34,36). The first-order chi connectivity index (χ1) is 17.5. The zero-order chi connectivity index (χ0) is 26.7. The van der Waals surface area contributed by atoms with E-state index in [0.717, 1.165) is 30.5 Å². The van der Waals surface area contributed by atoms with E-state index in [2.05, 4.69) is 5.32 Å². The Morgan fingerprint density at radius 2 is 1.78 bits per heavy atom. The van der Waals surface area contributed by atoms with Crippen molar-refractivity contribution in [2.75, 3.05) is 11.9 Å². The maximum absolute atomic E-state index is 13.7. The molecule has 9 heteroatoms. The highest BCUT2D eigenvalue weighted by molar-refractivity contribution is 6.31. The lowest BCUT2D eigenvalue weighted by molar-refractivity contribution is -0.137. The maximum Gasteiger partial charge on any atom is 0.416 e. The summed E-state index contributed by atoms with van der Waals surface area (Å²) in [6.07, 6.45) is -2.03. The van der Waals surface area contributed by atoms with Gasteiger partial charge in [0.1, 0.15) is 0 Å². The van der Waals surface area contributed by atoms with Crippen molar-refractivity contribution in [1.82, 2.24) is 4.90 Å². The molecule has 0 saturated heterocycles. The van der Waals surface area contributed by atoms with Gasteiger partial charge in [-0.1, -0.05) is 53.5 Å². The molecule has 0 radical (unpaired) electrons. The summed E-state index contributed by atoms with van der Waals surface area (Å²) in [5.41, 5.74) is 2.03. The number of anilines is 1. The third-order valence-corrected chi connectivity index (χ3v) is 6.81. The Bertz CT molecular complexity index is 1320. The van der Waals surface area contributed by atoms with E-state index in [1.54, 1.807) is 18.2 Å². The Kier molecular flexibility index (Phi) is 8.14. The summed E-state index contributed by atoms with van der Waals surface area (Å²) in [4.78, 5) is 27.0. The summed E-state index contributed by atoms with van der Waals surface area (Å²) in [7, 11) is 0. The number of rotatable bonds is 8. The first-order valence-electron chi connectivity index (χ1n) is 11.8. The molecule has 2 amide bonds. The van der Waals surface area contributed by atoms with Crippen LogP contribution in [0.1, 0.15) is 58.3 Å². The lowest BCUT2D eigenvalue weighted by atomic mass is 10.0. The smallest absolute Gasteiger partial charge is 0.334 e. The second-order valence-corrected chi connectivity index (χ2v) is 10.0. The molecule has 1 aliphatic carbocycles. The van der Waals surface area contributed by atoms with Crippen LogP contribution in [0.5, 0.6) is 0 Å². The fourth-order valence-electron chi connectivity index (χ4n) is 4.15. The van der Waals surface area contributed by atoms with E-state index in [1.165, 1.54) is 24.0 Å². The van der Waals surface area contributed by atoms with Gasteiger partial charge in [0.25, 0.3) is 5.91 Å². The monoisotopic (exact) mass is 548 g/mol. The van der Waals surface area contributed by atoms with Crippen molar-refractivity contribution >= 4 is 40.7 Å². The van der Waals surface area contributed by atoms with E-state index in [4.69, 9.17) is 23.2 Å². The lowest BCUT2D eigenvalue weighted by Crippen LogP contribution is -2.33. The van der Waals surface area contributed by atoms with Gasteiger partial charge in [-0.3, -0.25) is 9.59 Å². The number of carbonyl (C=O) groups excluding carboxylic acids is 2. The Morgan fingerprint density at radius 1 is 1.03 bits per heavy atom. The molecule has 0 unspecified atom stereocenters. The van der Waals surface area contributed by atoms with Gasteiger partial charge in [0, 0.05) is 30.1 Å². The highest BCUT2D eigenvalue weighted by atomic mass is 35.5. The van der Waals surface area contributed by atoms with Crippen LogP contribution in [0.2, 0.25) is 10.0 Å². The number of benzene rings is 3. The average molecular weight is 549 g/mol. The third-order valence-electron chi connectivity index (χ3n) is 6.22. The summed E-state index contributed by atoms with van der Waals surface area (Å²) in [5, 5.41) is 3.47. The quantitative estimate of drug-likeness (QED) is 0.313. The molecule has 194 valence electrons. The summed E-state index contributed by atoms with van der Waals surface area (Å²) in [6.45, 7) is 1.58. The molecule has 0 bridgehead atoms. The number of carbonyl (C=O) groups is 2. The molecule has 3 aromatic rings. The molecule has 1 fully saturated rings. The molecule has 1 saturated carbocycles. The second-order valence-electron chi connectivity index (χ2n) is 9.17. The minimum absolute atomic E-state index is 0.118. The van der Waals surface area contributed by atoms with E-state index < -0.39 is 17.6 Å². The highest BCUT2D eigenvalue weighted by Crippen LogP contribution is 2.41. The van der Waals surface area contributed by atoms with Crippen LogP contribution in [-0.4, -0.2) is 23.3 Å².